The van der Waals surface area contributed by atoms with Crippen LogP contribution in [0.1, 0.15) is 29.8 Å². The molecule has 1 aromatic heterocycles. The number of aromatic nitrogens is 1. The summed E-state index contributed by atoms with van der Waals surface area (Å²) in [7, 11) is 0. The van der Waals surface area contributed by atoms with Gasteiger partial charge in [0, 0.05) is 29.1 Å². The number of amides is 1. The molecule has 0 bridgehead atoms. The van der Waals surface area contributed by atoms with E-state index in [0.717, 1.165) is 16.5 Å². The summed E-state index contributed by atoms with van der Waals surface area (Å²) >= 11 is 0. The molecule has 26 heavy (non-hydrogen) atoms. The molecule has 0 spiro atoms. The molecule has 0 saturated carbocycles. The van der Waals surface area contributed by atoms with Gasteiger partial charge in [0.15, 0.2) is 0 Å². The minimum Gasteiger partial charge on any atom is -0.461 e. The van der Waals surface area contributed by atoms with Crippen molar-refractivity contribution >= 4 is 22.8 Å². The third-order valence-corrected chi connectivity index (χ3v) is 4.08. The van der Waals surface area contributed by atoms with Crippen LogP contribution in [0.5, 0.6) is 0 Å². The number of rotatable bonds is 6. The second kappa shape index (κ2) is 7.87. The molecule has 0 aliphatic carbocycles. The molecule has 1 heterocycles. The monoisotopic (exact) mass is 350 g/mol. The zero-order valence-corrected chi connectivity index (χ0v) is 14.9. The predicted molar refractivity (Wildman–Crippen MR) is 101 cm³/mol. The van der Waals surface area contributed by atoms with Gasteiger partial charge < -0.3 is 15.0 Å². The van der Waals surface area contributed by atoms with Gasteiger partial charge in [-0.25, -0.2) is 4.79 Å². The van der Waals surface area contributed by atoms with Crippen LogP contribution in [0.25, 0.3) is 10.9 Å². The minimum atomic E-state index is -0.760. The van der Waals surface area contributed by atoms with Gasteiger partial charge in [-0.05, 0) is 37.6 Å². The Hall–Kier alpha value is -3.08. The molecule has 1 amide bonds. The molecule has 0 aliphatic rings. The highest BCUT2D eigenvalue weighted by Gasteiger charge is 2.25. The van der Waals surface area contributed by atoms with Gasteiger partial charge in [-0.15, -0.1) is 0 Å². The summed E-state index contributed by atoms with van der Waals surface area (Å²) in [5.74, 6) is -0.731. The number of hydrogen-bond acceptors (Lipinski definition) is 3. The van der Waals surface area contributed by atoms with E-state index in [1.165, 1.54) is 0 Å². The maximum absolute atomic E-state index is 12.5. The molecular formula is C21H22N2O3. The fraction of sp³-hybridized carbons (Fsp3) is 0.238. The Labute approximate surface area is 152 Å². The van der Waals surface area contributed by atoms with Gasteiger partial charge in [-0.3, -0.25) is 4.79 Å². The quantitative estimate of drug-likeness (QED) is 0.669. The van der Waals surface area contributed by atoms with E-state index in [4.69, 9.17) is 4.74 Å². The Balaban J connectivity index is 1.83. The van der Waals surface area contributed by atoms with Gasteiger partial charge in [0.25, 0.3) is 5.91 Å². The fourth-order valence-electron chi connectivity index (χ4n) is 2.86. The van der Waals surface area contributed by atoms with Crippen molar-refractivity contribution in [3.05, 3.63) is 71.9 Å². The van der Waals surface area contributed by atoms with Crippen LogP contribution in [-0.4, -0.2) is 29.0 Å². The van der Waals surface area contributed by atoms with Crippen molar-refractivity contribution in [2.75, 3.05) is 0 Å². The Bertz CT molecular complexity index is 900. The van der Waals surface area contributed by atoms with Gasteiger partial charge in [-0.2, -0.15) is 0 Å². The highest BCUT2D eigenvalue weighted by Crippen LogP contribution is 2.19. The van der Waals surface area contributed by atoms with Crippen LogP contribution in [0.4, 0.5) is 0 Å². The van der Waals surface area contributed by atoms with Crippen LogP contribution in [0, 0.1) is 0 Å². The zero-order valence-electron chi connectivity index (χ0n) is 14.9. The summed E-state index contributed by atoms with van der Waals surface area (Å²) in [5.41, 5.74) is 2.46. The highest BCUT2D eigenvalue weighted by molar-refractivity contribution is 5.97. The van der Waals surface area contributed by atoms with E-state index < -0.39 is 12.0 Å². The summed E-state index contributed by atoms with van der Waals surface area (Å²) in [5, 5.41) is 3.85. The van der Waals surface area contributed by atoms with Crippen molar-refractivity contribution in [2.45, 2.75) is 32.4 Å². The molecule has 0 saturated heterocycles. The van der Waals surface area contributed by atoms with Gasteiger partial charge >= 0.3 is 5.97 Å². The fourth-order valence-corrected chi connectivity index (χ4v) is 2.86. The number of para-hydroxylation sites is 1. The van der Waals surface area contributed by atoms with Crippen molar-refractivity contribution in [3.8, 4) is 0 Å². The molecule has 0 fully saturated rings. The number of fused-ring (bicyclic) bond motifs is 1. The van der Waals surface area contributed by atoms with Crippen LogP contribution in [0.15, 0.2) is 60.8 Å². The number of aromatic amines is 1. The number of ether oxygens (including phenoxy) is 1. The predicted octanol–water partition coefficient (Wildman–Crippen LogP) is 3.46. The first-order valence-corrected chi connectivity index (χ1v) is 8.66. The highest BCUT2D eigenvalue weighted by atomic mass is 16.5. The lowest BCUT2D eigenvalue weighted by molar-refractivity contribution is -0.149. The minimum absolute atomic E-state index is 0.249. The number of carbonyl (C=O) groups excluding carboxylic acids is 2. The SMILES string of the molecule is CC(C)OC(=O)[C@H](Cc1c[nH]c2ccccc12)NC(=O)c1ccccc1. The number of benzene rings is 2. The van der Waals surface area contributed by atoms with Crippen LogP contribution < -0.4 is 5.32 Å². The molecule has 3 rings (SSSR count). The number of H-pyrrole nitrogens is 1. The molecule has 134 valence electrons. The summed E-state index contributed by atoms with van der Waals surface area (Å²) in [4.78, 5) is 28.2. The van der Waals surface area contributed by atoms with E-state index in [9.17, 15) is 9.59 Å². The largest absolute Gasteiger partial charge is 0.461 e. The van der Waals surface area contributed by atoms with Gasteiger partial charge in [0.05, 0.1) is 6.10 Å². The van der Waals surface area contributed by atoms with Crippen LogP contribution in [-0.2, 0) is 16.0 Å². The number of esters is 1. The third kappa shape index (κ3) is 4.11. The third-order valence-electron chi connectivity index (χ3n) is 4.08. The van der Waals surface area contributed by atoms with Gasteiger partial charge in [0.1, 0.15) is 6.04 Å². The number of carbonyl (C=O) groups is 2. The first-order valence-electron chi connectivity index (χ1n) is 8.66. The molecule has 0 radical (unpaired) electrons. The van der Waals surface area contributed by atoms with Gasteiger partial charge in [-0.1, -0.05) is 36.4 Å². The maximum atomic E-state index is 12.5. The lowest BCUT2D eigenvalue weighted by Crippen LogP contribution is -2.44. The number of nitrogens with one attached hydrogen (secondary N) is 2. The summed E-state index contributed by atoms with van der Waals surface area (Å²) < 4.78 is 5.35. The molecule has 0 unspecified atom stereocenters. The Kier molecular flexibility index (Phi) is 5.37. The smallest absolute Gasteiger partial charge is 0.329 e. The Morgan fingerprint density at radius 1 is 1.04 bits per heavy atom. The van der Waals surface area contributed by atoms with E-state index in [0.29, 0.717) is 12.0 Å². The first kappa shape index (κ1) is 17.7. The van der Waals surface area contributed by atoms with Crippen molar-refractivity contribution in [1.29, 1.82) is 0 Å². The van der Waals surface area contributed by atoms with Crippen molar-refractivity contribution < 1.29 is 14.3 Å². The average Bonchev–Trinajstić information content (AvgIpc) is 3.04. The first-order chi connectivity index (χ1) is 12.5. The lowest BCUT2D eigenvalue weighted by Gasteiger charge is -2.19. The molecule has 1 atom stereocenters. The topological polar surface area (TPSA) is 71.2 Å². The second-order valence-electron chi connectivity index (χ2n) is 6.44. The summed E-state index contributed by atoms with van der Waals surface area (Å²) in [6.07, 6.45) is 1.98. The molecular weight excluding hydrogens is 328 g/mol. The van der Waals surface area contributed by atoms with E-state index >= 15 is 0 Å². The van der Waals surface area contributed by atoms with Crippen LogP contribution in [0.2, 0.25) is 0 Å². The van der Waals surface area contributed by atoms with Crippen molar-refractivity contribution in [3.63, 3.8) is 0 Å². The van der Waals surface area contributed by atoms with Crippen LogP contribution >= 0.6 is 0 Å². The van der Waals surface area contributed by atoms with Crippen molar-refractivity contribution in [1.82, 2.24) is 10.3 Å². The standard InChI is InChI=1S/C21H22N2O3/c1-14(2)26-21(25)19(23-20(24)15-8-4-3-5-9-15)12-16-13-22-18-11-7-6-10-17(16)18/h3-11,13-14,19,22H,12H2,1-2H3,(H,23,24)/t19-/m0/s1. The van der Waals surface area contributed by atoms with E-state index in [-0.39, 0.29) is 12.0 Å². The van der Waals surface area contributed by atoms with Gasteiger partial charge in [0.2, 0.25) is 0 Å². The average molecular weight is 350 g/mol. The molecule has 5 nitrogen and oxygen atoms in total. The molecule has 2 aromatic carbocycles. The lowest BCUT2D eigenvalue weighted by atomic mass is 10.0. The normalized spacial score (nSPS) is 12.1. The summed E-state index contributed by atoms with van der Waals surface area (Å²) in [6.45, 7) is 3.58. The molecule has 0 aliphatic heterocycles. The van der Waals surface area contributed by atoms with Crippen LogP contribution in [0.3, 0.4) is 0 Å². The Morgan fingerprint density at radius 2 is 1.73 bits per heavy atom. The Morgan fingerprint density at radius 3 is 2.46 bits per heavy atom. The molecule has 2 N–H and O–H groups in total. The molecule has 5 heteroatoms. The second-order valence-corrected chi connectivity index (χ2v) is 6.44. The zero-order chi connectivity index (χ0) is 18.5. The van der Waals surface area contributed by atoms with E-state index in [1.807, 2.05) is 36.5 Å². The summed E-state index contributed by atoms with van der Waals surface area (Å²) in [6, 6.07) is 15.9. The van der Waals surface area contributed by atoms with E-state index in [1.54, 1.807) is 38.1 Å². The van der Waals surface area contributed by atoms with Crippen molar-refractivity contribution in [2.24, 2.45) is 0 Å². The number of hydrogen-bond donors (Lipinski definition) is 2. The molecule has 3 aromatic rings. The maximum Gasteiger partial charge on any atom is 0.329 e. The van der Waals surface area contributed by atoms with E-state index in [2.05, 4.69) is 10.3 Å².